The summed E-state index contributed by atoms with van der Waals surface area (Å²) in [5.74, 6) is 0.668. The molecule has 0 spiro atoms. The number of hydrogen-bond acceptors (Lipinski definition) is 2. The van der Waals surface area contributed by atoms with Gasteiger partial charge in [-0.15, -0.1) is 11.6 Å². The summed E-state index contributed by atoms with van der Waals surface area (Å²) in [4.78, 5) is 0. The van der Waals surface area contributed by atoms with Gasteiger partial charge in [0.15, 0.2) is 0 Å². The van der Waals surface area contributed by atoms with Crippen LogP contribution in [-0.2, 0) is 9.47 Å². The molecule has 3 heteroatoms. The van der Waals surface area contributed by atoms with Gasteiger partial charge in [-0.3, -0.25) is 0 Å². The maximum Gasteiger partial charge on any atom is 0.0780 e. The highest BCUT2D eigenvalue weighted by atomic mass is 35.5. The van der Waals surface area contributed by atoms with E-state index in [1.165, 1.54) is 0 Å². The van der Waals surface area contributed by atoms with E-state index in [0.717, 1.165) is 19.6 Å². The van der Waals surface area contributed by atoms with Gasteiger partial charge in [-0.05, 0) is 20.3 Å². The number of ether oxygens (including phenoxy) is 2. The summed E-state index contributed by atoms with van der Waals surface area (Å²) in [6.07, 6.45) is 1.11. The Balaban J connectivity index is 3.02. The highest BCUT2D eigenvalue weighted by molar-refractivity contribution is 6.17. The summed E-state index contributed by atoms with van der Waals surface area (Å²) in [5, 5.41) is 0. The van der Waals surface area contributed by atoms with Crippen molar-refractivity contribution < 1.29 is 9.47 Å². The molecule has 0 fully saturated rings. The summed E-state index contributed by atoms with van der Waals surface area (Å²) in [7, 11) is 0. The fraction of sp³-hybridized carbons (Fsp3) is 1.00. The molecule has 68 valence electrons. The quantitative estimate of drug-likeness (QED) is 0.441. The Hall–Kier alpha value is 0.210. The lowest BCUT2D eigenvalue weighted by atomic mass is 10.4. The van der Waals surface area contributed by atoms with Crippen molar-refractivity contribution in [2.75, 3.05) is 25.7 Å². The van der Waals surface area contributed by atoms with Gasteiger partial charge in [0.2, 0.25) is 0 Å². The van der Waals surface area contributed by atoms with Crippen molar-refractivity contribution in [3.63, 3.8) is 0 Å². The third-order valence-corrected chi connectivity index (χ3v) is 1.50. The largest absolute Gasteiger partial charge is 0.379 e. The Labute approximate surface area is 73.8 Å². The Morgan fingerprint density at radius 2 is 2.18 bits per heavy atom. The van der Waals surface area contributed by atoms with Crippen LogP contribution in [0.25, 0.3) is 0 Å². The Morgan fingerprint density at radius 1 is 1.45 bits per heavy atom. The molecule has 11 heavy (non-hydrogen) atoms. The molecule has 0 saturated heterocycles. The maximum absolute atomic E-state index is 5.48. The van der Waals surface area contributed by atoms with Crippen LogP contribution in [0.5, 0.6) is 0 Å². The van der Waals surface area contributed by atoms with E-state index >= 15 is 0 Å². The van der Waals surface area contributed by atoms with E-state index in [1.807, 2.05) is 13.8 Å². The van der Waals surface area contributed by atoms with E-state index in [9.17, 15) is 0 Å². The molecule has 0 aromatic heterocycles. The van der Waals surface area contributed by atoms with Gasteiger partial charge < -0.3 is 9.47 Å². The van der Waals surface area contributed by atoms with Crippen LogP contribution in [0.3, 0.4) is 0 Å². The van der Waals surface area contributed by atoms with E-state index in [-0.39, 0.29) is 6.10 Å². The molecule has 1 atom stereocenters. The van der Waals surface area contributed by atoms with Crippen molar-refractivity contribution >= 4 is 11.6 Å². The SMILES string of the molecule is CCOCC(C)OCCCCl. The highest BCUT2D eigenvalue weighted by Gasteiger charge is 1.99. The van der Waals surface area contributed by atoms with Crippen molar-refractivity contribution in [1.82, 2.24) is 0 Å². The molecule has 0 saturated carbocycles. The Kier molecular flexibility index (Phi) is 8.47. The van der Waals surface area contributed by atoms with E-state index in [0.29, 0.717) is 12.5 Å². The normalized spacial score (nSPS) is 13.4. The molecule has 0 heterocycles. The lowest BCUT2D eigenvalue weighted by molar-refractivity contribution is -0.00275. The highest BCUT2D eigenvalue weighted by Crippen LogP contribution is 1.94. The van der Waals surface area contributed by atoms with E-state index in [4.69, 9.17) is 21.1 Å². The summed E-state index contributed by atoms with van der Waals surface area (Å²) < 4.78 is 10.5. The summed E-state index contributed by atoms with van der Waals surface area (Å²) in [6.45, 7) is 6.15. The van der Waals surface area contributed by atoms with Crippen LogP contribution in [0.2, 0.25) is 0 Å². The number of halogens is 1. The minimum absolute atomic E-state index is 0.193. The fourth-order valence-corrected chi connectivity index (χ4v) is 0.780. The molecular formula is C8H17ClO2. The smallest absolute Gasteiger partial charge is 0.0780 e. The summed E-state index contributed by atoms with van der Waals surface area (Å²) >= 11 is 5.48. The molecule has 0 aliphatic rings. The molecule has 0 aromatic rings. The van der Waals surface area contributed by atoms with Gasteiger partial charge in [0.25, 0.3) is 0 Å². The second kappa shape index (κ2) is 8.31. The third kappa shape index (κ3) is 8.11. The topological polar surface area (TPSA) is 18.5 Å². The average Bonchev–Trinajstić information content (AvgIpc) is 2.01. The molecule has 0 radical (unpaired) electrons. The molecule has 2 nitrogen and oxygen atoms in total. The van der Waals surface area contributed by atoms with Gasteiger partial charge >= 0.3 is 0 Å². The predicted molar refractivity (Wildman–Crippen MR) is 47.2 cm³/mol. The zero-order valence-corrected chi connectivity index (χ0v) is 8.06. The summed E-state index contributed by atoms with van der Waals surface area (Å²) in [6, 6.07) is 0. The van der Waals surface area contributed by atoms with E-state index < -0.39 is 0 Å². The van der Waals surface area contributed by atoms with E-state index in [2.05, 4.69) is 0 Å². The first-order chi connectivity index (χ1) is 5.31. The van der Waals surface area contributed by atoms with Gasteiger partial charge in [0.05, 0.1) is 12.7 Å². The molecule has 0 bridgehead atoms. The van der Waals surface area contributed by atoms with Crippen LogP contribution in [0.1, 0.15) is 20.3 Å². The minimum atomic E-state index is 0.193. The first-order valence-electron chi connectivity index (χ1n) is 4.06. The molecule has 0 aliphatic carbocycles. The Morgan fingerprint density at radius 3 is 2.73 bits per heavy atom. The van der Waals surface area contributed by atoms with Gasteiger partial charge in [0, 0.05) is 19.1 Å². The number of hydrogen-bond donors (Lipinski definition) is 0. The molecule has 0 N–H and O–H groups in total. The molecule has 1 unspecified atom stereocenters. The maximum atomic E-state index is 5.48. The second-order valence-corrected chi connectivity index (χ2v) is 2.76. The van der Waals surface area contributed by atoms with Crippen molar-refractivity contribution in [3.05, 3.63) is 0 Å². The first-order valence-corrected chi connectivity index (χ1v) is 4.60. The molecule has 0 aliphatic heterocycles. The first kappa shape index (κ1) is 11.2. The number of alkyl halides is 1. The minimum Gasteiger partial charge on any atom is -0.379 e. The van der Waals surface area contributed by atoms with Crippen molar-refractivity contribution in [2.45, 2.75) is 26.4 Å². The second-order valence-electron chi connectivity index (χ2n) is 2.38. The van der Waals surface area contributed by atoms with Gasteiger partial charge in [-0.2, -0.15) is 0 Å². The lowest BCUT2D eigenvalue weighted by Gasteiger charge is -2.11. The third-order valence-electron chi connectivity index (χ3n) is 1.24. The Bertz CT molecular complexity index is 78.5. The molecular weight excluding hydrogens is 164 g/mol. The zero-order valence-electron chi connectivity index (χ0n) is 7.31. The van der Waals surface area contributed by atoms with Gasteiger partial charge in [-0.1, -0.05) is 0 Å². The van der Waals surface area contributed by atoms with Crippen molar-refractivity contribution in [3.8, 4) is 0 Å². The van der Waals surface area contributed by atoms with Crippen molar-refractivity contribution in [2.24, 2.45) is 0 Å². The molecule has 0 amide bonds. The fourth-order valence-electron chi connectivity index (χ4n) is 0.671. The van der Waals surface area contributed by atoms with Crippen LogP contribution in [0.4, 0.5) is 0 Å². The van der Waals surface area contributed by atoms with Crippen molar-refractivity contribution in [1.29, 1.82) is 0 Å². The van der Waals surface area contributed by atoms with Crippen LogP contribution in [-0.4, -0.2) is 31.8 Å². The van der Waals surface area contributed by atoms with Crippen LogP contribution in [0, 0.1) is 0 Å². The molecule has 0 aromatic carbocycles. The van der Waals surface area contributed by atoms with Crippen LogP contribution >= 0.6 is 11.6 Å². The van der Waals surface area contributed by atoms with Crippen LogP contribution < -0.4 is 0 Å². The zero-order chi connectivity index (χ0) is 8.53. The number of rotatable bonds is 7. The van der Waals surface area contributed by atoms with E-state index in [1.54, 1.807) is 0 Å². The van der Waals surface area contributed by atoms with Gasteiger partial charge in [0.1, 0.15) is 0 Å². The summed E-state index contributed by atoms with van der Waals surface area (Å²) in [5.41, 5.74) is 0. The monoisotopic (exact) mass is 180 g/mol. The van der Waals surface area contributed by atoms with Gasteiger partial charge in [-0.25, -0.2) is 0 Å². The predicted octanol–water partition coefficient (Wildman–Crippen LogP) is 2.06. The van der Waals surface area contributed by atoms with Crippen LogP contribution in [0.15, 0.2) is 0 Å². The standard InChI is InChI=1S/C8H17ClO2/c1-3-10-7-8(2)11-6-4-5-9/h8H,3-7H2,1-2H3. The lowest BCUT2D eigenvalue weighted by Crippen LogP contribution is -2.16. The average molecular weight is 181 g/mol. The molecule has 0 rings (SSSR count).